The fourth-order valence-electron chi connectivity index (χ4n) is 2.95. The van der Waals surface area contributed by atoms with Gasteiger partial charge in [0.25, 0.3) is 0 Å². The standard InChI is InChI=1S/C17H24FN3O2/c1-13-3-2-9-20(11-13)12-17(23)21(10-8-16(19)22)15-6-4-14(18)5-7-15/h4-7,13H,2-3,8-12H2,1H3,(H2,19,22). The predicted octanol–water partition coefficient (Wildman–Crippen LogP) is 1.77. The van der Waals surface area contributed by atoms with Crippen LogP contribution in [-0.2, 0) is 9.59 Å². The fraction of sp³-hybridized carbons (Fsp3) is 0.529. The van der Waals surface area contributed by atoms with Gasteiger partial charge < -0.3 is 10.6 Å². The second kappa shape index (κ2) is 8.06. The molecule has 0 bridgehead atoms. The number of piperidine rings is 1. The predicted molar refractivity (Wildman–Crippen MR) is 87.4 cm³/mol. The van der Waals surface area contributed by atoms with Crippen LogP contribution < -0.4 is 10.6 Å². The van der Waals surface area contributed by atoms with E-state index < -0.39 is 5.91 Å². The van der Waals surface area contributed by atoms with Gasteiger partial charge in [0.2, 0.25) is 11.8 Å². The molecule has 1 saturated heterocycles. The van der Waals surface area contributed by atoms with Crippen molar-refractivity contribution in [2.24, 2.45) is 11.7 Å². The summed E-state index contributed by atoms with van der Waals surface area (Å²) in [5.41, 5.74) is 5.78. The molecule has 0 aromatic heterocycles. The van der Waals surface area contributed by atoms with Crippen LogP contribution in [0.15, 0.2) is 24.3 Å². The zero-order valence-corrected chi connectivity index (χ0v) is 13.5. The fourth-order valence-corrected chi connectivity index (χ4v) is 2.95. The maximum atomic E-state index is 13.1. The van der Waals surface area contributed by atoms with Crippen molar-refractivity contribution in [1.29, 1.82) is 0 Å². The van der Waals surface area contributed by atoms with Crippen LogP contribution in [0.2, 0.25) is 0 Å². The largest absolute Gasteiger partial charge is 0.370 e. The quantitative estimate of drug-likeness (QED) is 0.868. The van der Waals surface area contributed by atoms with Gasteiger partial charge in [0, 0.05) is 25.2 Å². The lowest BCUT2D eigenvalue weighted by atomic mass is 10.0. The van der Waals surface area contributed by atoms with E-state index in [0.717, 1.165) is 19.5 Å². The summed E-state index contributed by atoms with van der Waals surface area (Å²) >= 11 is 0. The van der Waals surface area contributed by atoms with E-state index in [9.17, 15) is 14.0 Å². The molecule has 0 spiro atoms. The number of carbonyl (C=O) groups excluding carboxylic acids is 2. The van der Waals surface area contributed by atoms with Gasteiger partial charge in [-0.1, -0.05) is 6.92 Å². The number of primary amides is 1. The first kappa shape index (κ1) is 17.4. The van der Waals surface area contributed by atoms with E-state index in [2.05, 4.69) is 11.8 Å². The molecule has 126 valence electrons. The lowest BCUT2D eigenvalue weighted by molar-refractivity contribution is -0.120. The monoisotopic (exact) mass is 321 g/mol. The minimum absolute atomic E-state index is 0.0829. The number of hydrogen-bond donors (Lipinski definition) is 1. The number of rotatable bonds is 6. The first-order valence-corrected chi connectivity index (χ1v) is 8.02. The van der Waals surface area contributed by atoms with Crippen molar-refractivity contribution >= 4 is 17.5 Å². The third kappa shape index (κ3) is 5.32. The Morgan fingerprint density at radius 3 is 2.65 bits per heavy atom. The Bertz CT molecular complexity index is 547. The van der Waals surface area contributed by atoms with E-state index in [1.165, 1.54) is 23.5 Å². The summed E-state index contributed by atoms with van der Waals surface area (Å²) < 4.78 is 13.1. The van der Waals surface area contributed by atoms with Crippen molar-refractivity contribution in [2.75, 3.05) is 31.1 Å². The number of amides is 2. The van der Waals surface area contributed by atoms with Crippen LogP contribution in [0.25, 0.3) is 0 Å². The van der Waals surface area contributed by atoms with Gasteiger partial charge in [-0.3, -0.25) is 14.5 Å². The van der Waals surface area contributed by atoms with E-state index in [1.807, 2.05) is 0 Å². The molecule has 6 heteroatoms. The van der Waals surface area contributed by atoms with Crippen molar-refractivity contribution in [1.82, 2.24) is 4.90 Å². The highest BCUT2D eigenvalue weighted by Gasteiger charge is 2.23. The Balaban J connectivity index is 2.07. The Morgan fingerprint density at radius 2 is 2.04 bits per heavy atom. The maximum absolute atomic E-state index is 13.1. The lowest BCUT2D eigenvalue weighted by Gasteiger charge is -2.32. The van der Waals surface area contributed by atoms with E-state index in [1.54, 1.807) is 12.1 Å². The SMILES string of the molecule is CC1CCCN(CC(=O)N(CCC(N)=O)c2ccc(F)cc2)C1. The average Bonchev–Trinajstić information content (AvgIpc) is 2.49. The minimum Gasteiger partial charge on any atom is -0.370 e. The highest BCUT2D eigenvalue weighted by molar-refractivity contribution is 5.95. The molecule has 0 aliphatic carbocycles. The number of halogens is 1. The number of hydrogen-bond acceptors (Lipinski definition) is 3. The molecule has 2 N–H and O–H groups in total. The van der Waals surface area contributed by atoms with Gasteiger partial charge in [-0.05, 0) is 49.6 Å². The molecule has 1 aliphatic rings. The van der Waals surface area contributed by atoms with Gasteiger partial charge in [-0.15, -0.1) is 0 Å². The maximum Gasteiger partial charge on any atom is 0.241 e. The number of anilines is 1. The van der Waals surface area contributed by atoms with E-state index in [0.29, 0.717) is 18.2 Å². The molecule has 2 rings (SSSR count). The van der Waals surface area contributed by atoms with Crippen LogP contribution in [-0.4, -0.2) is 42.9 Å². The summed E-state index contributed by atoms with van der Waals surface area (Å²) in [5.74, 6) is -0.328. The average molecular weight is 321 g/mol. The molecular formula is C17H24FN3O2. The lowest BCUT2D eigenvalue weighted by Crippen LogP contribution is -2.44. The summed E-state index contributed by atoms with van der Waals surface area (Å²) in [5, 5.41) is 0. The van der Waals surface area contributed by atoms with Crippen LogP contribution in [0.3, 0.4) is 0 Å². The van der Waals surface area contributed by atoms with E-state index in [4.69, 9.17) is 5.73 Å². The Morgan fingerprint density at radius 1 is 1.35 bits per heavy atom. The second-order valence-electron chi connectivity index (χ2n) is 6.22. The molecule has 1 aromatic carbocycles. The van der Waals surface area contributed by atoms with Crippen LogP contribution in [0.1, 0.15) is 26.2 Å². The van der Waals surface area contributed by atoms with Gasteiger partial charge in [-0.2, -0.15) is 0 Å². The van der Waals surface area contributed by atoms with Crippen LogP contribution in [0, 0.1) is 11.7 Å². The van der Waals surface area contributed by atoms with E-state index >= 15 is 0 Å². The molecule has 1 unspecified atom stereocenters. The molecule has 1 aliphatic heterocycles. The second-order valence-corrected chi connectivity index (χ2v) is 6.22. The summed E-state index contributed by atoms with van der Waals surface area (Å²) in [4.78, 5) is 27.4. The molecular weight excluding hydrogens is 297 g/mol. The highest BCUT2D eigenvalue weighted by Crippen LogP contribution is 2.18. The molecule has 0 radical (unpaired) electrons. The third-order valence-corrected chi connectivity index (χ3v) is 4.12. The van der Waals surface area contributed by atoms with Crippen molar-refractivity contribution in [3.05, 3.63) is 30.1 Å². The number of nitrogens with two attached hydrogens (primary N) is 1. The topological polar surface area (TPSA) is 66.6 Å². The molecule has 2 amide bonds. The Kier molecular flexibility index (Phi) is 6.10. The van der Waals surface area contributed by atoms with Crippen LogP contribution in [0.4, 0.5) is 10.1 Å². The Hall–Kier alpha value is -1.95. The molecule has 23 heavy (non-hydrogen) atoms. The van der Waals surface area contributed by atoms with Gasteiger partial charge in [-0.25, -0.2) is 4.39 Å². The first-order valence-electron chi connectivity index (χ1n) is 8.02. The molecule has 1 atom stereocenters. The smallest absolute Gasteiger partial charge is 0.241 e. The van der Waals surface area contributed by atoms with Crippen molar-refractivity contribution in [3.8, 4) is 0 Å². The number of nitrogens with zero attached hydrogens (tertiary/aromatic N) is 2. The van der Waals surface area contributed by atoms with Gasteiger partial charge >= 0.3 is 0 Å². The first-order chi connectivity index (χ1) is 11.0. The normalized spacial score (nSPS) is 18.6. The zero-order chi connectivity index (χ0) is 16.8. The van der Waals surface area contributed by atoms with Gasteiger partial charge in [0.05, 0.1) is 6.54 Å². The molecule has 0 saturated carbocycles. The van der Waals surface area contributed by atoms with Gasteiger partial charge in [0.15, 0.2) is 0 Å². The minimum atomic E-state index is -0.462. The van der Waals surface area contributed by atoms with Crippen molar-refractivity contribution < 1.29 is 14.0 Å². The number of carbonyl (C=O) groups is 2. The Labute approximate surface area is 136 Å². The molecule has 1 heterocycles. The van der Waals surface area contributed by atoms with E-state index in [-0.39, 0.29) is 24.7 Å². The summed E-state index contributed by atoms with van der Waals surface area (Å²) in [6, 6.07) is 5.71. The van der Waals surface area contributed by atoms with Crippen molar-refractivity contribution in [3.63, 3.8) is 0 Å². The number of likely N-dealkylation sites (tertiary alicyclic amines) is 1. The number of benzene rings is 1. The van der Waals surface area contributed by atoms with Crippen LogP contribution >= 0.6 is 0 Å². The summed E-state index contributed by atoms with van der Waals surface area (Å²) in [6.07, 6.45) is 2.36. The summed E-state index contributed by atoms with van der Waals surface area (Å²) in [7, 11) is 0. The molecule has 1 fully saturated rings. The van der Waals surface area contributed by atoms with Crippen molar-refractivity contribution in [2.45, 2.75) is 26.2 Å². The highest BCUT2D eigenvalue weighted by atomic mass is 19.1. The summed E-state index contributed by atoms with van der Waals surface area (Å²) in [6.45, 7) is 4.51. The molecule has 5 nitrogen and oxygen atoms in total. The zero-order valence-electron chi connectivity index (χ0n) is 13.5. The third-order valence-electron chi connectivity index (χ3n) is 4.12. The van der Waals surface area contributed by atoms with Crippen LogP contribution in [0.5, 0.6) is 0 Å². The van der Waals surface area contributed by atoms with Gasteiger partial charge in [0.1, 0.15) is 5.82 Å². The molecule has 1 aromatic rings.